The van der Waals surface area contributed by atoms with Crippen molar-refractivity contribution in [3.05, 3.63) is 0 Å². The first-order valence-corrected chi connectivity index (χ1v) is 0.548. The number of rotatable bonds is 0. The van der Waals surface area contributed by atoms with Crippen molar-refractivity contribution in [3.8, 4) is 0 Å². The summed E-state index contributed by atoms with van der Waals surface area (Å²) in [6, 6.07) is 0. The van der Waals surface area contributed by atoms with E-state index in [2.05, 4.69) is 9.12 Å². The third-order valence-corrected chi connectivity index (χ3v) is 0. The summed E-state index contributed by atoms with van der Waals surface area (Å²) in [5, 5.41) is 0. The fraction of sp³-hybridized carbons (Fsp3) is 0. The first-order valence-electron chi connectivity index (χ1n) is 0.183. The van der Waals surface area contributed by atoms with Crippen LogP contribution in [0.25, 0.3) is 0 Å². The van der Waals surface area contributed by atoms with Crippen LogP contribution in [-0.2, 0) is 4.57 Å². The van der Waals surface area contributed by atoms with Gasteiger partial charge >= 0.3 is 70.2 Å². The molecule has 4 heavy (non-hydrogen) atoms. The van der Waals surface area contributed by atoms with Crippen LogP contribution in [0.1, 0.15) is 0 Å². The van der Waals surface area contributed by atoms with Crippen molar-refractivity contribution in [1.29, 1.82) is 0 Å². The van der Waals surface area contributed by atoms with Gasteiger partial charge in [-0.3, -0.25) is 4.57 Å². The van der Waals surface area contributed by atoms with Gasteiger partial charge in [0.2, 0.25) is 0 Å². The van der Waals surface area contributed by atoms with Gasteiger partial charge in [0.15, 0.2) is 0 Å². The third kappa shape index (κ3) is 8.84. The predicted octanol–water partition coefficient (Wildman–Crippen LogP) is -0.555. The monoisotopic (exact) mass is 95.0 g/mol. The molecule has 0 amide bonds. The van der Waals surface area contributed by atoms with E-state index in [0.717, 1.165) is 0 Å². The SMILES string of the molecule is O=[P].[KH].[LiH]. The van der Waals surface area contributed by atoms with E-state index in [1.54, 1.807) is 0 Å². The molecule has 0 atom stereocenters. The fourth-order valence-electron chi connectivity index (χ4n) is 0. The Bertz CT molecular complexity index is 8.00. The zero-order chi connectivity index (χ0) is 2.00. The summed E-state index contributed by atoms with van der Waals surface area (Å²) >= 11 is 0. The second kappa shape index (κ2) is 18.4. The second-order valence-electron chi connectivity index (χ2n) is 0. The first-order chi connectivity index (χ1) is 1.00. The van der Waals surface area contributed by atoms with Gasteiger partial charge in [0.25, 0.3) is 9.12 Å². The van der Waals surface area contributed by atoms with Crippen molar-refractivity contribution in [2.45, 2.75) is 0 Å². The van der Waals surface area contributed by atoms with E-state index in [1.165, 1.54) is 0 Å². The minimum absolute atomic E-state index is 0. The Hall–Kier alpha value is 2.33. The Morgan fingerprint density at radius 3 is 1.25 bits per heavy atom. The van der Waals surface area contributed by atoms with Crippen molar-refractivity contribution >= 4 is 79.4 Å². The number of hydrogen-bond donors (Lipinski definition) is 0. The molecular weight excluding hydrogens is 93.0 g/mol. The zero-order valence-corrected chi connectivity index (χ0v) is 1.75. The summed E-state index contributed by atoms with van der Waals surface area (Å²) in [6.45, 7) is 0. The van der Waals surface area contributed by atoms with Gasteiger partial charge in [-0.25, -0.2) is 0 Å². The molecule has 0 aliphatic carbocycles. The standard InChI is InChI=1S/K.Li.OP.2H/c;;1-2;;. The molecule has 0 spiro atoms. The summed E-state index contributed by atoms with van der Waals surface area (Å²) in [4.78, 5) is 0. The molecule has 0 unspecified atom stereocenters. The molecule has 4 heteroatoms. The minimum atomic E-state index is 0. The van der Waals surface area contributed by atoms with Crippen molar-refractivity contribution < 1.29 is 4.57 Å². The molecule has 0 saturated heterocycles. The Kier molecular flexibility index (Phi) is 74.6. The molecule has 0 bridgehead atoms. The van der Waals surface area contributed by atoms with Crippen molar-refractivity contribution in [2.24, 2.45) is 0 Å². The van der Waals surface area contributed by atoms with Crippen LogP contribution in [0, 0.1) is 0 Å². The maximum atomic E-state index is 7.94. The molecule has 0 aromatic carbocycles. The van der Waals surface area contributed by atoms with Crippen LogP contribution in [-0.4, -0.2) is 70.2 Å². The molecule has 0 saturated carbocycles. The molecule has 0 rings (SSSR count). The van der Waals surface area contributed by atoms with E-state index in [1.807, 2.05) is 0 Å². The quantitative estimate of drug-likeness (QED) is 0.291. The first kappa shape index (κ1) is 16.2. The van der Waals surface area contributed by atoms with Gasteiger partial charge in [-0.05, 0) is 0 Å². The van der Waals surface area contributed by atoms with Crippen LogP contribution >= 0.6 is 9.12 Å². The van der Waals surface area contributed by atoms with Gasteiger partial charge in [-0.1, -0.05) is 0 Å². The van der Waals surface area contributed by atoms with E-state index in [4.69, 9.17) is 4.57 Å². The van der Waals surface area contributed by atoms with Gasteiger partial charge in [0.05, 0.1) is 0 Å². The summed E-state index contributed by atoms with van der Waals surface area (Å²) in [5.41, 5.74) is 0. The van der Waals surface area contributed by atoms with E-state index >= 15 is 0 Å². The molecule has 0 fully saturated rings. The Balaban J connectivity index is -0.00000000500. The molecule has 0 aromatic heterocycles. The van der Waals surface area contributed by atoms with Crippen molar-refractivity contribution in [3.63, 3.8) is 0 Å². The molecule has 1 radical (unpaired) electrons. The fourth-order valence-corrected chi connectivity index (χ4v) is 0. The molecule has 0 aromatic rings. The summed E-state index contributed by atoms with van der Waals surface area (Å²) < 4.78 is 7.94. The van der Waals surface area contributed by atoms with Gasteiger partial charge in [-0.2, -0.15) is 0 Å². The van der Waals surface area contributed by atoms with Crippen LogP contribution in [0.15, 0.2) is 0 Å². The zero-order valence-electron chi connectivity index (χ0n) is 0.855. The summed E-state index contributed by atoms with van der Waals surface area (Å²) in [5.74, 6) is 0. The van der Waals surface area contributed by atoms with Crippen LogP contribution in [0.5, 0.6) is 0 Å². The average Bonchev–Trinajstić information content (AvgIpc) is 1.00. The van der Waals surface area contributed by atoms with Crippen LogP contribution in [0.3, 0.4) is 0 Å². The molecule has 15 valence electrons. The summed E-state index contributed by atoms with van der Waals surface area (Å²) in [6.07, 6.45) is 0. The molecule has 0 aliphatic heterocycles. The molecule has 0 N–H and O–H groups in total. The van der Waals surface area contributed by atoms with Crippen molar-refractivity contribution in [2.75, 3.05) is 0 Å². The Morgan fingerprint density at radius 1 is 1.25 bits per heavy atom. The summed E-state index contributed by atoms with van der Waals surface area (Å²) in [7, 11) is 2.28. The Labute approximate surface area is 82.1 Å². The van der Waals surface area contributed by atoms with Gasteiger partial charge in [0.1, 0.15) is 0 Å². The van der Waals surface area contributed by atoms with E-state index in [-0.39, 0.29) is 70.2 Å². The third-order valence-electron chi connectivity index (χ3n) is 0. The van der Waals surface area contributed by atoms with Crippen LogP contribution < -0.4 is 0 Å². The van der Waals surface area contributed by atoms with Gasteiger partial charge in [0, 0.05) is 0 Å². The number of hydrogen-bond acceptors (Lipinski definition) is 1. The van der Waals surface area contributed by atoms with E-state index < -0.39 is 0 Å². The molecule has 0 heterocycles. The van der Waals surface area contributed by atoms with E-state index in [0.29, 0.717) is 0 Å². The van der Waals surface area contributed by atoms with Crippen molar-refractivity contribution in [1.82, 2.24) is 0 Å². The van der Waals surface area contributed by atoms with E-state index in [9.17, 15) is 0 Å². The van der Waals surface area contributed by atoms with Gasteiger partial charge < -0.3 is 0 Å². The Morgan fingerprint density at radius 2 is 1.25 bits per heavy atom. The maximum absolute atomic E-state index is 7.94. The normalized spacial score (nSPS) is 1.00. The topological polar surface area (TPSA) is 17.1 Å². The van der Waals surface area contributed by atoms with Crippen LogP contribution in [0.4, 0.5) is 0 Å². The average molecular weight is 95.0 g/mol. The van der Waals surface area contributed by atoms with Crippen LogP contribution in [0.2, 0.25) is 0 Å². The molecule has 1 nitrogen and oxygen atoms in total. The predicted molar refractivity (Wildman–Crippen MR) is 21.9 cm³/mol. The molecular formula is H2KLiOP. The second-order valence-corrected chi connectivity index (χ2v) is 0. The molecule has 0 aliphatic rings. The van der Waals surface area contributed by atoms with Gasteiger partial charge in [-0.15, -0.1) is 0 Å².